The van der Waals surface area contributed by atoms with Gasteiger partial charge in [0.25, 0.3) is 0 Å². The topological polar surface area (TPSA) is 26.3 Å². The van der Waals surface area contributed by atoms with Crippen molar-refractivity contribution in [2.24, 2.45) is 5.92 Å². The Morgan fingerprint density at radius 3 is 2.45 bits per heavy atom. The predicted molar refractivity (Wildman–Crippen MR) is 85.9 cm³/mol. The van der Waals surface area contributed by atoms with E-state index in [4.69, 9.17) is 4.74 Å². The van der Waals surface area contributed by atoms with Crippen LogP contribution in [-0.2, 0) is 14.9 Å². The number of hydrogen-bond donors (Lipinski definition) is 0. The Morgan fingerprint density at radius 2 is 1.80 bits per heavy atom. The third kappa shape index (κ3) is 1.59. The average molecular weight is 382 g/mol. The van der Waals surface area contributed by atoms with Crippen LogP contribution in [0.25, 0.3) is 0 Å². The van der Waals surface area contributed by atoms with Gasteiger partial charge >= 0.3 is 5.97 Å². The van der Waals surface area contributed by atoms with Crippen molar-refractivity contribution in [3.05, 3.63) is 35.9 Å². The number of esters is 1. The van der Waals surface area contributed by atoms with Gasteiger partial charge in [-0.05, 0) is 30.7 Å². The number of rotatable bonds is 2. The first-order valence-corrected chi connectivity index (χ1v) is 8.72. The van der Waals surface area contributed by atoms with E-state index in [1.54, 1.807) is 0 Å². The summed E-state index contributed by atoms with van der Waals surface area (Å²) in [6.45, 7) is 0. The highest BCUT2D eigenvalue weighted by molar-refractivity contribution is 14.1. The Morgan fingerprint density at radius 1 is 1.10 bits per heavy atom. The van der Waals surface area contributed by atoms with E-state index in [0.29, 0.717) is 5.92 Å². The Kier molecular flexibility index (Phi) is 2.92. The van der Waals surface area contributed by atoms with Crippen molar-refractivity contribution in [3.8, 4) is 0 Å². The molecule has 0 unspecified atom stereocenters. The van der Waals surface area contributed by atoms with Gasteiger partial charge in [-0.3, -0.25) is 4.79 Å². The highest BCUT2D eigenvalue weighted by Crippen LogP contribution is 2.71. The van der Waals surface area contributed by atoms with E-state index in [1.165, 1.54) is 32.1 Å². The van der Waals surface area contributed by atoms with E-state index in [2.05, 4.69) is 34.7 Å². The molecular weight excluding hydrogens is 363 g/mol. The third-order valence-electron chi connectivity index (χ3n) is 5.48. The fraction of sp³-hybridized carbons (Fsp3) is 0.588. The molecule has 0 N–H and O–H groups in total. The summed E-state index contributed by atoms with van der Waals surface area (Å²) >= 11 is 2.53. The molecule has 1 heterocycles. The molecule has 4 rings (SSSR count). The van der Waals surface area contributed by atoms with Crippen LogP contribution in [0.5, 0.6) is 0 Å². The Labute approximate surface area is 133 Å². The monoisotopic (exact) mass is 382 g/mol. The summed E-state index contributed by atoms with van der Waals surface area (Å²) in [5, 5.41) is 0. The van der Waals surface area contributed by atoms with Crippen molar-refractivity contribution in [1.82, 2.24) is 0 Å². The minimum Gasteiger partial charge on any atom is -0.460 e. The molecule has 1 saturated heterocycles. The van der Waals surface area contributed by atoms with Gasteiger partial charge in [-0.2, -0.15) is 0 Å². The van der Waals surface area contributed by atoms with Crippen molar-refractivity contribution >= 4 is 28.6 Å². The molecule has 0 aromatic heterocycles. The lowest BCUT2D eigenvalue weighted by atomic mass is 9.82. The predicted octanol–water partition coefficient (Wildman–Crippen LogP) is 4.01. The summed E-state index contributed by atoms with van der Waals surface area (Å²) in [6.07, 6.45) is 7.49. The van der Waals surface area contributed by atoms with Crippen LogP contribution in [0, 0.1) is 5.92 Å². The van der Waals surface area contributed by atoms with Crippen molar-refractivity contribution in [3.63, 3.8) is 0 Å². The lowest BCUT2D eigenvalue weighted by Crippen LogP contribution is -2.33. The van der Waals surface area contributed by atoms with Gasteiger partial charge in [0.05, 0.1) is 3.42 Å². The zero-order valence-electron chi connectivity index (χ0n) is 11.5. The summed E-state index contributed by atoms with van der Waals surface area (Å²) in [7, 11) is 0. The maximum Gasteiger partial charge on any atom is 0.318 e. The molecule has 3 fully saturated rings. The first-order chi connectivity index (χ1) is 9.68. The quantitative estimate of drug-likeness (QED) is 0.439. The number of ether oxygens (including phenoxy) is 1. The number of cyclic esters (lactones) is 1. The second kappa shape index (κ2) is 4.46. The lowest BCUT2D eigenvalue weighted by molar-refractivity contribution is -0.148. The summed E-state index contributed by atoms with van der Waals surface area (Å²) in [5.41, 5.74) is 0.800. The van der Waals surface area contributed by atoms with E-state index in [1.807, 2.05) is 18.2 Å². The van der Waals surface area contributed by atoms with Gasteiger partial charge in [-0.1, -0.05) is 72.2 Å². The number of carbonyl (C=O) groups excluding carboxylic acids is 1. The molecular formula is C17H19IO2. The number of halogens is 1. The van der Waals surface area contributed by atoms with Gasteiger partial charge < -0.3 is 4.74 Å². The van der Waals surface area contributed by atoms with Gasteiger partial charge in [-0.25, -0.2) is 0 Å². The normalized spacial score (nSPS) is 40.2. The van der Waals surface area contributed by atoms with Gasteiger partial charge in [0, 0.05) is 0 Å². The van der Waals surface area contributed by atoms with Crippen LogP contribution >= 0.6 is 22.6 Å². The van der Waals surface area contributed by atoms with Crippen LogP contribution in [0.4, 0.5) is 0 Å². The van der Waals surface area contributed by atoms with Crippen LogP contribution in [0.3, 0.4) is 0 Å². The molecule has 2 nitrogen and oxygen atoms in total. The third-order valence-corrected chi connectivity index (χ3v) is 7.40. The van der Waals surface area contributed by atoms with Gasteiger partial charge in [0.1, 0.15) is 11.5 Å². The molecule has 20 heavy (non-hydrogen) atoms. The van der Waals surface area contributed by atoms with Crippen molar-refractivity contribution < 1.29 is 9.53 Å². The zero-order chi connectivity index (χ0) is 13.8. The molecule has 1 aromatic rings. The Bertz CT molecular complexity index is 537. The lowest BCUT2D eigenvalue weighted by Gasteiger charge is -2.30. The summed E-state index contributed by atoms with van der Waals surface area (Å²) < 4.78 is 5.88. The standard InChI is InChI=1S/C17H19IO2/c18-17-11-16(17,13-9-5-2-6-10-13)15(19)20-14(17)12-7-3-1-4-8-12/h2,5-6,9-10,12,14H,1,3-4,7-8,11H2/t14-,16+,17-/m0/s1. The fourth-order valence-electron chi connectivity index (χ4n) is 4.33. The minimum absolute atomic E-state index is 0.00516. The SMILES string of the molecule is O=C1O[C@@H](C2CCCCC2)[C@@]2(I)C[C@@]12c1ccccc1. The minimum atomic E-state index is -0.350. The van der Waals surface area contributed by atoms with E-state index in [9.17, 15) is 4.79 Å². The molecule has 3 heteroatoms. The highest BCUT2D eigenvalue weighted by Gasteiger charge is 2.81. The molecule has 0 bridgehead atoms. The second-order valence-electron chi connectivity index (χ2n) is 6.53. The molecule has 106 valence electrons. The number of carbonyl (C=O) groups is 1. The molecule has 3 aliphatic rings. The van der Waals surface area contributed by atoms with Crippen LogP contribution in [-0.4, -0.2) is 15.5 Å². The summed E-state index contributed by atoms with van der Waals surface area (Å²) in [4.78, 5) is 12.6. The molecule has 0 amide bonds. The highest BCUT2D eigenvalue weighted by atomic mass is 127. The van der Waals surface area contributed by atoms with Crippen LogP contribution < -0.4 is 0 Å². The molecule has 1 aromatic carbocycles. The van der Waals surface area contributed by atoms with Crippen molar-refractivity contribution in [1.29, 1.82) is 0 Å². The summed E-state index contributed by atoms with van der Waals surface area (Å²) in [6, 6.07) is 10.2. The summed E-state index contributed by atoms with van der Waals surface area (Å²) in [5.74, 6) is 0.603. The van der Waals surface area contributed by atoms with E-state index in [0.717, 1.165) is 12.0 Å². The maximum atomic E-state index is 12.6. The number of hydrogen-bond acceptors (Lipinski definition) is 2. The van der Waals surface area contributed by atoms with Crippen molar-refractivity contribution in [2.75, 3.05) is 0 Å². The van der Waals surface area contributed by atoms with Crippen LogP contribution in [0.2, 0.25) is 0 Å². The first kappa shape index (κ1) is 13.1. The molecule has 3 atom stereocenters. The molecule has 2 saturated carbocycles. The van der Waals surface area contributed by atoms with Crippen molar-refractivity contribution in [2.45, 2.75) is 53.5 Å². The van der Waals surface area contributed by atoms with Crippen LogP contribution in [0.1, 0.15) is 44.1 Å². The largest absolute Gasteiger partial charge is 0.460 e. The maximum absolute atomic E-state index is 12.6. The molecule has 2 aliphatic carbocycles. The van der Waals surface area contributed by atoms with Gasteiger partial charge in [-0.15, -0.1) is 0 Å². The smallest absolute Gasteiger partial charge is 0.318 e. The Hall–Kier alpha value is -0.580. The molecule has 1 aliphatic heterocycles. The number of fused-ring (bicyclic) bond motifs is 1. The van der Waals surface area contributed by atoms with E-state index in [-0.39, 0.29) is 20.9 Å². The first-order valence-electron chi connectivity index (χ1n) is 7.64. The van der Waals surface area contributed by atoms with Gasteiger partial charge in [0.2, 0.25) is 0 Å². The molecule has 0 radical (unpaired) electrons. The molecule has 0 spiro atoms. The average Bonchev–Trinajstić information content (AvgIpc) is 3.08. The van der Waals surface area contributed by atoms with Crippen LogP contribution in [0.15, 0.2) is 30.3 Å². The fourth-order valence-corrected chi connectivity index (χ4v) is 6.06. The second-order valence-corrected chi connectivity index (χ2v) is 8.46. The van der Waals surface area contributed by atoms with Gasteiger partial charge in [0.15, 0.2) is 0 Å². The zero-order valence-corrected chi connectivity index (χ0v) is 13.6. The van der Waals surface area contributed by atoms with E-state index < -0.39 is 0 Å². The number of alkyl halides is 1. The number of benzene rings is 1. The van der Waals surface area contributed by atoms with E-state index >= 15 is 0 Å². The Balaban J connectivity index is 1.67.